The van der Waals surface area contributed by atoms with Gasteiger partial charge in [0, 0.05) is 44.2 Å². The molecule has 134 valence electrons. The second-order valence-electron chi connectivity index (χ2n) is 6.24. The zero-order chi connectivity index (χ0) is 17.5. The Bertz CT molecular complexity index is 662. The van der Waals surface area contributed by atoms with E-state index in [1.54, 1.807) is 23.9 Å². The molecule has 2 heterocycles. The van der Waals surface area contributed by atoms with Crippen LogP contribution in [0.5, 0.6) is 0 Å². The second kappa shape index (κ2) is 9.27. The van der Waals surface area contributed by atoms with Crippen LogP contribution in [0, 0.1) is 5.82 Å². The summed E-state index contributed by atoms with van der Waals surface area (Å²) in [5.74, 6) is 0.767. The fourth-order valence-corrected chi connectivity index (χ4v) is 3.55. The van der Waals surface area contributed by atoms with Gasteiger partial charge in [-0.15, -0.1) is 0 Å². The van der Waals surface area contributed by atoms with E-state index < -0.39 is 0 Å². The lowest BCUT2D eigenvalue weighted by Gasteiger charge is -2.25. The van der Waals surface area contributed by atoms with Gasteiger partial charge in [0.2, 0.25) is 0 Å². The van der Waals surface area contributed by atoms with Crippen LogP contribution in [0.2, 0.25) is 0 Å². The molecule has 0 radical (unpaired) electrons. The first-order chi connectivity index (χ1) is 12.2. The van der Waals surface area contributed by atoms with Gasteiger partial charge in [-0.3, -0.25) is 4.90 Å². The number of rotatable bonds is 8. The number of thioether (sulfide) groups is 1. The van der Waals surface area contributed by atoms with Crippen molar-refractivity contribution in [3.8, 4) is 0 Å². The third-order valence-corrected chi connectivity index (χ3v) is 4.90. The van der Waals surface area contributed by atoms with Crippen LogP contribution < -0.4 is 0 Å². The maximum Gasteiger partial charge on any atom is 0.187 e. The summed E-state index contributed by atoms with van der Waals surface area (Å²) >= 11 is 1.64. The molecular weight excluding hydrogens is 337 g/mol. The van der Waals surface area contributed by atoms with Crippen molar-refractivity contribution in [2.75, 3.05) is 18.9 Å². The van der Waals surface area contributed by atoms with Crippen LogP contribution in [0.15, 0.2) is 41.8 Å². The average Bonchev–Trinajstić information content (AvgIpc) is 3.10. The van der Waals surface area contributed by atoms with Crippen LogP contribution in [0.1, 0.15) is 30.9 Å². The highest BCUT2D eigenvalue weighted by Gasteiger charge is 2.20. The first kappa shape index (κ1) is 18.3. The fourth-order valence-electron chi connectivity index (χ4n) is 3.04. The highest BCUT2D eigenvalue weighted by molar-refractivity contribution is 7.99. The highest BCUT2D eigenvalue weighted by atomic mass is 32.2. The Hall–Kier alpha value is -1.50. The van der Waals surface area contributed by atoms with Gasteiger partial charge in [0.25, 0.3) is 0 Å². The standard InChI is InChI=1S/C19H24FN3OS/c1-2-25-19-21-10-16(11-22-19)13-23(14-18-7-4-8-24-18)12-15-5-3-6-17(20)9-15/h3,5-6,9-11,18H,2,4,7-8,12-14H2,1H3. The van der Waals surface area contributed by atoms with E-state index in [1.807, 2.05) is 18.5 Å². The van der Waals surface area contributed by atoms with Crippen LogP contribution in [-0.4, -0.2) is 39.9 Å². The lowest BCUT2D eigenvalue weighted by atomic mass is 10.1. The minimum absolute atomic E-state index is 0.196. The van der Waals surface area contributed by atoms with Gasteiger partial charge in [0.1, 0.15) is 5.82 Å². The Balaban J connectivity index is 1.68. The molecule has 4 nitrogen and oxygen atoms in total. The summed E-state index contributed by atoms with van der Waals surface area (Å²) in [6.07, 6.45) is 6.23. The number of aromatic nitrogens is 2. The second-order valence-corrected chi connectivity index (χ2v) is 7.47. The molecule has 1 unspecified atom stereocenters. The normalized spacial score (nSPS) is 17.3. The van der Waals surface area contributed by atoms with Crippen molar-refractivity contribution in [2.45, 2.75) is 44.1 Å². The molecule has 1 fully saturated rings. The van der Waals surface area contributed by atoms with Crippen LogP contribution in [0.3, 0.4) is 0 Å². The fraction of sp³-hybridized carbons (Fsp3) is 0.474. The number of halogens is 1. The summed E-state index contributed by atoms with van der Waals surface area (Å²) in [6.45, 7) is 5.17. The maximum absolute atomic E-state index is 13.5. The van der Waals surface area contributed by atoms with Crippen molar-refractivity contribution < 1.29 is 9.13 Å². The molecule has 1 atom stereocenters. The monoisotopic (exact) mass is 361 g/mol. The molecular formula is C19H24FN3OS. The van der Waals surface area contributed by atoms with E-state index in [4.69, 9.17) is 4.74 Å². The molecule has 0 spiro atoms. The number of hydrogen-bond acceptors (Lipinski definition) is 5. The molecule has 25 heavy (non-hydrogen) atoms. The number of hydrogen-bond donors (Lipinski definition) is 0. The summed E-state index contributed by atoms with van der Waals surface area (Å²) in [7, 11) is 0. The molecule has 1 aliphatic heterocycles. The summed E-state index contributed by atoms with van der Waals surface area (Å²) in [4.78, 5) is 11.1. The van der Waals surface area contributed by atoms with Gasteiger partial charge >= 0.3 is 0 Å². The van der Waals surface area contributed by atoms with Crippen molar-refractivity contribution in [2.24, 2.45) is 0 Å². The van der Waals surface area contributed by atoms with E-state index in [2.05, 4.69) is 21.8 Å². The van der Waals surface area contributed by atoms with E-state index in [0.29, 0.717) is 6.54 Å². The smallest absolute Gasteiger partial charge is 0.187 e. The Morgan fingerprint density at radius 1 is 1.24 bits per heavy atom. The van der Waals surface area contributed by atoms with Crippen LogP contribution in [0.4, 0.5) is 4.39 Å². The number of benzene rings is 1. The molecule has 1 aromatic heterocycles. The molecule has 0 aliphatic carbocycles. The average molecular weight is 361 g/mol. The van der Waals surface area contributed by atoms with Gasteiger partial charge in [0.05, 0.1) is 6.10 Å². The van der Waals surface area contributed by atoms with E-state index in [-0.39, 0.29) is 11.9 Å². The highest BCUT2D eigenvalue weighted by Crippen LogP contribution is 2.18. The summed E-state index contributed by atoms with van der Waals surface area (Å²) in [5.41, 5.74) is 2.03. The van der Waals surface area contributed by atoms with E-state index in [9.17, 15) is 4.39 Å². The molecule has 0 N–H and O–H groups in total. The predicted molar refractivity (Wildman–Crippen MR) is 97.9 cm³/mol. The SMILES string of the molecule is CCSc1ncc(CN(Cc2cccc(F)c2)CC2CCCO2)cn1. The Morgan fingerprint density at radius 2 is 2.04 bits per heavy atom. The van der Waals surface area contributed by atoms with Crippen LogP contribution in [-0.2, 0) is 17.8 Å². The summed E-state index contributed by atoms with van der Waals surface area (Å²) in [6, 6.07) is 6.80. The van der Waals surface area contributed by atoms with Gasteiger partial charge in [0.15, 0.2) is 5.16 Å². The molecule has 2 aromatic rings. The maximum atomic E-state index is 13.5. The van der Waals surface area contributed by atoms with Gasteiger partial charge in [-0.1, -0.05) is 30.8 Å². The van der Waals surface area contributed by atoms with E-state index >= 15 is 0 Å². The first-order valence-electron chi connectivity index (χ1n) is 8.75. The molecule has 1 aliphatic rings. The van der Waals surface area contributed by atoms with Crippen molar-refractivity contribution in [3.63, 3.8) is 0 Å². The zero-order valence-electron chi connectivity index (χ0n) is 14.5. The Labute approximate surface area is 152 Å². The van der Waals surface area contributed by atoms with Gasteiger partial charge < -0.3 is 4.74 Å². The van der Waals surface area contributed by atoms with Crippen molar-refractivity contribution in [3.05, 3.63) is 53.6 Å². The molecule has 1 aromatic carbocycles. The molecule has 0 amide bonds. The molecule has 3 rings (SSSR count). The van der Waals surface area contributed by atoms with Gasteiger partial charge in [-0.2, -0.15) is 0 Å². The molecule has 0 bridgehead atoms. The zero-order valence-corrected chi connectivity index (χ0v) is 15.3. The Kier molecular flexibility index (Phi) is 6.78. The first-order valence-corrected chi connectivity index (χ1v) is 9.73. The van der Waals surface area contributed by atoms with E-state index in [1.165, 1.54) is 6.07 Å². The Morgan fingerprint density at radius 3 is 2.72 bits per heavy atom. The number of nitrogens with zero attached hydrogens (tertiary/aromatic N) is 3. The molecule has 1 saturated heterocycles. The lowest BCUT2D eigenvalue weighted by molar-refractivity contribution is 0.0678. The van der Waals surface area contributed by atoms with Crippen LogP contribution >= 0.6 is 11.8 Å². The third kappa shape index (κ3) is 5.76. The quantitative estimate of drug-likeness (QED) is 0.526. The lowest BCUT2D eigenvalue weighted by Crippen LogP contribution is -2.31. The third-order valence-electron chi connectivity index (χ3n) is 4.14. The minimum Gasteiger partial charge on any atom is -0.377 e. The predicted octanol–water partition coefficient (Wildman–Crippen LogP) is 3.91. The van der Waals surface area contributed by atoms with Crippen molar-refractivity contribution in [1.29, 1.82) is 0 Å². The topological polar surface area (TPSA) is 38.2 Å². The van der Waals surface area contributed by atoms with Crippen molar-refractivity contribution in [1.82, 2.24) is 14.9 Å². The van der Waals surface area contributed by atoms with Gasteiger partial charge in [-0.05, 0) is 36.3 Å². The van der Waals surface area contributed by atoms with E-state index in [0.717, 1.165) is 54.6 Å². The molecule has 0 saturated carbocycles. The minimum atomic E-state index is -0.196. The summed E-state index contributed by atoms with van der Waals surface area (Å²) in [5, 5.41) is 0.807. The largest absolute Gasteiger partial charge is 0.377 e. The van der Waals surface area contributed by atoms with Crippen molar-refractivity contribution >= 4 is 11.8 Å². The molecule has 6 heteroatoms. The summed E-state index contributed by atoms with van der Waals surface area (Å²) < 4.78 is 19.3. The van der Waals surface area contributed by atoms with Gasteiger partial charge in [-0.25, -0.2) is 14.4 Å². The van der Waals surface area contributed by atoms with Crippen LogP contribution in [0.25, 0.3) is 0 Å². The number of ether oxygens (including phenoxy) is 1.